The molecule has 0 amide bonds. The van der Waals surface area contributed by atoms with Gasteiger partial charge in [0.25, 0.3) is 10.0 Å². The number of aromatic nitrogens is 1. The Morgan fingerprint density at radius 2 is 2.05 bits per heavy atom. The van der Waals surface area contributed by atoms with Crippen LogP contribution in [-0.2, 0) is 22.9 Å². The molecule has 0 saturated carbocycles. The van der Waals surface area contributed by atoms with E-state index in [1.54, 1.807) is 0 Å². The number of benzene rings is 1. The zero-order valence-electron chi connectivity index (χ0n) is 10.6. The fourth-order valence-corrected chi connectivity index (χ4v) is 4.82. The lowest BCUT2D eigenvalue weighted by Crippen LogP contribution is -2.15. The molecular weight excluding hydrogens is 316 g/mol. The molecule has 0 bridgehead atoms. The Morgan fingerprint density at radius 3 is 2.80 bits per heavy atom. The zero-order chi connectivity index (χ0) is 14.2. The molecule has 1 aromatic carbocycles. The van der Waals surface area contributed by atoms with E-state index in [0.29, 0.717) is 5.69 Å². The van der Waals surface area contributed by atoms with Gasteiger partial charge in [-0.15, -0.1) is 0 Å². The molecule has 0 unspecified atom stereocenters. The molecule has 0 fully saturated rings. The maximum atomic E-state index is 12.3. The van der Waals surface area contributed by atoms with Crippen LogP contribution in [0.3, 0.4) is 0 Å². The summed E-state index contributed by atoms with van der Waals surface area (Å²) in [6.45, 7) is 0. The van der Waals surface area contributed by atoms with Crippen molar-refractivity contribution in [3.8, 4) is 0 Å². The van der Waals surface area contributed by atoms with Gasteiger partial charge < -0.3 is 0 Å². The Balaban J connectivity index is 1.95. The molecule has 2 aromatic rings. The van der Waals surface area contributed by atoms with Gasteiger partial charge in [-0.1, -0.05) is 35.1 Å². The third kappa shape index (κ3) is 2.68. The highest BCUT2D eigenvalue weighted by atomic mass is 35.5. The maximum Gasteiger partial charge on any atom is 0.273 e. The second kappa shape index (κ2) is 5.35. The molecule has 4 nitrogen and oxygen atoms in total. The van der Waals surface area contributed by atoms with Gasteiger partial charge >= 0.3 is 0 Å². The molecule has 3 rings (SSSR count). The van der Waals surface area contributed by atoms with E-state index < -0.39 is 10.0 Å². The summed E-state index contributed by atoms with van der Waals surface area (Å²) < 4.78 is 27.6. The minimum atomic E-state index is -3.60. The Kier molecular flexibility index (Phi) is 3.70. The first kappa shape index (κ1) is 13.9. The maximum absolute atomic E-state index is 12.3. The molecule has 20 heavy (non-hydrogen) atoms. The van der Waals surface area contributed by atoms with E-state index in [0.717, 1.165) is 42.6 Å². The van der Waals surface area contributed by atoms with Crippen molar-refractivity contribution in [3.63, 3.8) is 0 Å². The number of nitrogens with one attached hydrogen (secondary N) is 1. The van der Waals surface area contributed by atoms with Crippen molar-refractivity contribution >= 4 is 38.6 Å². The zero-order valence-corrected chi connectivity index (χ0v) is 13.0. The highest BCUT2D eigenvalue weighted by Gasteiger charge is 2.21. The van der Waals surface area contributed by atoms with E-state index >= 15 is 0 Å². The SMILES string of the molecule is O=S(=O)(Nc1cccc2c1CCCC2)c1cnc(Cl)s1. The summed E-state index contributed by atoms with van der Waals surface area (Å²) in [6, 6.07) is 5.77. The average Bonchev–Trinajstić information content (AvgIpc) is 2.86. The minimum absolute atomic E-state index is 0.135. The highest BCUT2D eigenvalue weighted by Crippen LogP contribution is 2.30. The van der Waals surface area contributed by atoms with Crippen molar-refractivity contribution in [2.45, 2.75) is 29.9 Å². The molecule has 106 valence electrons. The van der Waals surface area contributed by atoms with Crippen LogP contribution in [0.15, 0.2) is 28.6 Å². The monoisotopic (exact) mass is 328 g/mol. The number of rotatable bonds is 3. The fourth-order valence-electron chi connectivity index (χ4n) is 2.44. The van der Waals surface area contributed by atoms with Crippen LogP contribution in [-0.4, -0.2) is 13.4 Å². The van der Waals surface area contributed by atoms with Crippen LogP contribution in [0.4, 0.5) is 5.69 Å². The molecule has 0 atom stereocenters. The average molecular weight is 329 g/mol. The normalized spacial score (nSPS) is 14.8. The van der Waals surface area contributed by atoms with Crippen LogP contribution in [0.25, 0.3) is 0 Å². The van der Waals surface area contributed by atoms with Crippen LogP contribution in [0.1, 0.15) is 24.0 Å². The molecule has 0 radical (unpaired) electrons. The molecule has 0 spiro atoms. The van der Waals surface area contributed by atoms with Crippen molar-refractivity contribution < 1.29 is 8.42 Å². The number of hydrogen-bond acceptors (Lipinski definition) is 4. The van der Waals surface area contributed by atoms with E-state index in [1.807, 2.05) is 12.1 Å². The van der Waals surface area contributed by atoms with Gasteiger partial charge in [-0.3, -0.25) is 4.72 Å². The topological polar surface area (TPSA) is 59.1 Å². The number of thiazole rings is 1. The van der Waals surface area contributed by atoms with Gasteiger partial charge in [0.2, 0.25) is 0 Å². The minimum Gasteiger partial charge on any atom is -0.279 e. The first-order valence-corrected chi connectivity index (χ1v) is 8.99. The molecule has 0 aliphatic heterocycles. The lowest BCUT2D eigenvalue weighted by Gasteiger charge is -2.19. The molecule has 1 heterocycles. The standard InChI is InChI=1S/C13H13ClN2O2S2/c14-13-15-8-12(19-13)20(17,18)16-11-7-3-5-9-4-1-2-6-10(9)11/h3,5,7-8,16H,1-2,4,6H2. The number of nitrogens with zero attached hydrogens (tertiary/aromatic N) is 1. The van der Waals surface area contributed by atoms with E-state index in [9.17, 15) is 8.42 Å². The predicted octanol–water partition coefficient (Wildman–Crippen LogP) is 3.48. The summed E-state index contributed by atoms with van der Waals surface area (Å²) in [6.07, 6.45) is 5.46. The number of fused-ring (bicyclic) bond motifs is 1. The van der Waals surface area contributed by atoms with Gasteiger partial charge in [0.05, 0.1) is 11.9 Å². The van der Waals surface area contributed by atoms with Crippen LogP contribution in [0.2, 0.25) is 4.47 Å². The second-order valence-corrected chi connectivity index (χ2v) is 8.21. The van der Waals surface area contributed by atoms with Gasteiger partial charge in [0, 0.05) is 0 Å². The fraction of sp³-hybridized carbons (Fsp3) is 0.308. The molecule has 1 aliphatic carbocycles. The molecule has 7 heteroatoms. The number of aryl methyl sites for hydroxylation is 1. The molecule has 0 saturated heterocycles. The lowest BCUT2D eigenvalue weighted by molar-refractivity contribution is 0.602. The number of sulfonamides is 1. The Bertz CT molecular complexity index is 741. The molecule has 1 aliphatic rings. The Labute approximate surface area is 126 Å². The summed E-state index contributed by atoms with van der Waals surface area (Å²) in [4.78, 5) is 3.78. The number of halogens is 1. The van der Waals surface area contributed by atoms with E-state index in [2.05, 4.69) is 15.8 Å². The molecule has 1 aromatic heterocycles. The molecule has 1 N–H and O–H groups in total. The Morgan fingerprint density at radius 1 is 1.25 bits per heavy atom. The van der Waals surface area contributed by atoms with Crippen LogP contribution >= 0.6 is 22.9 Å². The van der Waals surface area contributed by atoms with Crippen molar-refractivity contribution in [2.75, 3.05) is 4.72 Å². The largest absolute Gasteiger partial charge is 0.279 e. The van der Waals surface area contributed by atoms with E-state index in [1.165, 1.54) is 11.8 Å². The quantitative estimate of drug-likeness (QED) is 0.938. The first-order valence-electron chi connectivity index (χ1n) is 6.31. The third-order valence-electron chi connectivity index (χ3n) is 3.36. The van der Waals surface area contributed by atoms with Crippen LogP contribution < -0.4 is 4.72 Å². The van der Waals surface area contributed by atoms with Gasteiger partial charge in [-0.05, 0) is 42.9 Å². The predicted molar refractivity (Wildman–Crippen MR) is 81.0 cm³/mol. The van der Waals surface area contributed by atoms with Crippen molar-refractivity contribution in [3.05, 3.63) is 40.0 Å². The second-order valence-electron chi connectivity index (χ2n) is 4.69. The first-order chi connectivity index (χ1) is 9.56. The van der Waals surface area contributed by atoms with Crippen molar-refractivity contribution in [2.24, 2.45) is 0 Å². The van der Waals surface area contributed by atoms with Crippen LogP contribution in [0, 0.1) is 0 Å². The van der Waals surface area contributed by atoms with Gasteiger partial charge in [0.1, 0.15) is 0 Å². The van der Waals surface area contributed by atoms with E-state index in [-0.39, 0.29) is 8.68 Å². The highest BCUT2D eigenvalue weighted by molar-refractivity contribution is 7.94. The summed E-state index contributed by atoms with van der Waals surface area (Å²) in [5, 5.41) is 0. The van der Waals surface area contributed by atoms with Crippen molar-refractivity contribution in [1.29, 1.82) is 0 Å². The third-order valence-corrected chi connectivity index (χ3v) is 6.30. The number of hydrogen-bond donors (Lipinski definition) is 1. The number of anilines is 1. The van der Waals surface area contributed by atoms with Crippen molar-refractivity contribution in [1.82, 2.24) is 4.98 Å². The lowest BCUT2D eigenvalue weighted by atomic mass is 9.91. The Hall–Kier alpha value is -1.11. The summed E-state index contributed by atoms with van der Waals surface area (Å²) in [5.41, 5.74) is 3.02. The van der Waals surface area contributed by atoms with Gasteiger partial charge in [-0.25, -0.2) is 13.4 Å². The smallest absolute Gasteiger partial charge is 0.273 e. The van der Waals surface area contributed by atoms with Gasteiger partial charge in [-0.2, -0.15) is 0 Å². The van der Waals surface area contributed by atoms with Crippen LogP contribution in [0.5, 0.6) is 0 Å². The molecular formula is C13H13ClN2O2S2. The summed E-state index contributed by atoms with van der Waals surface area (Å²) in [5.74, 6) is 0. The summed E-state index contributed by atoms with van der Waals surface area (Å²) >= 11 is 6.66. The van der Waals surface area contributed by atoms with Gasteiger partial charge in [0.15, 0.2) is 8.68 Å². The van der Waals surface area contributed by atoms with E-state index in [4.69, 9.17) is 11.6 Å². The summed E-state index contributed by atoms with van der Waals surface area (Å²) in [7, 11) is -3.60.